The lowest BCUT2D eigenvalue weighted by atomic mass is 10.1. The molecule has 0 spiro atoms. The molecule has 1 heterocycles. The third kappa shape index (κ3) is 2.66. The molecule has 2 rings (SSSR count). The molecule has 1 aliphatic heterocycles. The lowest BCUT2D eigenvalue weighted by Crippen LogP contribution is -2.09. The predicted molar refractivity (Wildman–Crippen MR) is 67.2 cm³/mol. The number of nitrogens with zero attached hydrogens (tertiary/aromatic N) is 1. The molecule has 15 heavy (non-hydrogen) atoms. The van der Waals surface area contributed by atoms with Crippen LogP contribution in [0.1, 0.15) is 18.1 Å². The maximum absolute atomic E-state index is 2.24. The summed E-state index contributed by atoms with van der Waals surface area (Å²) in [5.74, 6) is 0. The quantitative estimate of drug-likeness (QED) is 0.710. The Labute approximate surface area is 95.6 Å². The van der Waals surface area contributed by atoms with Crippen molar-refractivity contribution >= 4 is 11.9 Å². The Morgan fingerprint density at radius 2 is 1.93 bits per heavy atom. The number of benzene rings is 1. The van der Waals surface area contributed by atoms with Gasteiger partial charge >= 0.3 is 0 Å². The molecule has 0 atom stereocenters. The summed E-state index contributed by atoms with van der Waals surface area (Å²) in [4.78, 5) is 0. The zero-order chi connectivity index (χ0) is 10.5. The highest BCUT2D eigenvalue weighted by Gasteiger charge is 2.05. The molecule has 0 saturated heterocycles. The molecule has 0 bridgehead atoms. The van der Waals surface area contributed by atoms with Crippen LogP contribution >= 0.6 is 11.9 Å². The molecule has 1 aromatic carbocycles. The molecule has 0 aliphatic carbocycles. The minimum atomic E-state index is 0.982. The Morgan fingerprint density at radius 3 is 2.60 bits per heavy atom. The lowest BCUT2D eigenvalue weighted by molar-refractivity contribution is 0.616. The highest BCUT2D eigenvalue weighted by Crippen LogP contribution is 2.21. The van der Waals surface area contributed by atoms with Crippen molar-refractivity contribution in [2.75, 3.05) is 0 Å². The Hall–Kier alpha value is -1.15. The Morgan fingerprint density at radius 1 is 1.13 bits per heavy atom. The molecule has 0 radical (unpaired) electrons. The Bertz CT molecular complexity index is 382. The van der Waals surface area contributed by atoms with Gasteiger partial charge in [-0.05, 0) is 41.0 Å². The van der Waals surface area contributed by atoms with Crippen molar-refractivity contribution in [1.82, 2.24) is 4.31 Å². The van der Waals surface area contributed by atoms with Crippen molar-refractivity contribution in [3.05, 3.63) is 59.2 Å². The van der Waals surface area contributed by atoms with Crippen LogP contribution < -0.4 is 0 Å². The molecular weight excluding hydrogens is 202 g/mol. The fourth-order valence-corrected chi connectivity index (χ4v) is 2.33. The van der Waals surface area contributed by atoms with E-state index in [0.29, 0.717) is 0 Å². The van der Waals surface area contributed by atoms with E-state index < -0.39 is 0 Å². The fraction of sp³-hybridized carbons (Fsp3) is 0.231. The molecule has 0 aromatic heterocycles. The third-order valence-corrected chi connectivity index (χ3v) is 3.26. The van der Waals surface area contributed by atoms with Gasteiger partial charge in [-0.15, -0.1) is 0 Å². The minimum absolute atomic E-state index is 0.982. The summed E-state index contributed by atoms with van der Waals surface area (Å²) in [5.41, 5.74) is 2.87. The van der Waals surface area contributed by atoms with Crippen LogP contribution in [-0.2, 0) is 13.0 Å². The Balaban J connectivity index is 2.09. The molecular formula is C13H15NS. The standard InChI is InChI=1S/C13H15NS/c1-2-12-7-3-4-8-13(12)11-14-9-5-6-10-15-14/h3-10H,2,11H2,1H3. The zero-order valence-corrected chi connectivity index (χ0v) is 9.70. The van der Waals surface area contributed by atoms with Crippen molar-refractivity contribution in [3.8, 4) is 0 Å². The zero-order valence-electron chi connectivity index (χ0n) is 8.89. The van der Waals surface area contributed by atoms with Crippen molar-refractivity contribution in [2.45, 2.75) is 19.9 Å². The molecule has 0 amide bonds. The number of aryl methyl sites for hydroxylation is 1. The van der Waals surface area contributed by atoms with Gasteiger partial charge in [0.05, 0.1) is 6.54 Å². The molecule has 0 unspecified atom stereocenters. The van der Waals surface area contributed by atoms with E-state index >= 15 is 0 Å². The fourth-order valence-electron chi connectivity index (χ4n) is 1.65. The SMILES string of the molecule is CCc1ccccc1CN1C=CC=CS1. The first-order valence-corrected chi connectivity index (χ1v) is 6.07. The van der Waals surface area contributed by atoms with Crippen LogP contribution in [-0.4, -0.2) is 4.31 Å². The average Bonchev–Trinajstić information content (AvgIpc) is 2.31. The summed E-state index contributed by atoms with van der Waals surface area (Å²) in [5, 5.41) is 2.11. The number of allylic oxidation sites excluding steroid dienone is 2. The number of hydrogen-bond acceptors (Lipinski definition) is 2. The van der Waals surface area contributed by atoms with Gasteiger partial charge in [0.2, 0.25) is 0 Å². The van der Waals surface area contributed by atoms with Gasteiger partial charge in [-0.25, -0.2) is 0 Å². The van der Waals surface area contributed by atoms with Gasteiger partial charge < -0.3 is 4.31 Å². The summed E-state index contributed by atoms with van der Waals surface area (Å²) in [7, 11) is 0. The number of hydrogen-bond donors (Lipinski definition) is 0. The van der Waals surface area contributed by atoms with E-state index in [-0.39, 0.29) is 0 Å². The smallest absolute Gasteiger partial charge is 0.0545 e. The van der Waals surface area contributed by atoms with Crippen molar-refractivity contribution in [2.24, 2.45) is 0 Å². The summed E-state index contributed by atoms with van der Waals surface area (Å²) in [6, 6.07) is 8.65. The van der Waals surface area contributed by atoms with Crippen LogP contribution in [0.15, 0.2) is 48.0 Å². The van der Waals surface area contributed by atoms with Gasteiger partial charge in [0.1, 0.15) is 0 Å². The minimum Gasteiger partial charge on any atom is -0.315 e. The van der Waals surface area contributed by atoms with E-state index in [1.165, 1.54) is 11.1 Å². The van der Waals surface area contributed by atoms with Crippen molar-refractivity contribution < 1.29 is 0 Å². The van der Waals surface area contributed by atoms with E-state index in [0.717, 1.165) is 13.0 Å². The maximum Gasteiger partial charge on any atom is 0.0545 e. The molecule has 78 valence electrons. The van der Waals surface area contributed by atoms with Crippen LogP contribution in [0.5, 0.6) is 0 Å². The average molecular weight is 217 g/mol. The van der Waals surface area contributed by atoms with Crippen LogP contribution in [0.4, 0.5) is 0 Å². The third-order valence-electron chi connectivity index (χ3n) is 2.46. The van der Waals surface area contributed by atoms with Gasteiger partial charge in [-0.2, -0.15) is 0 Å². The van der Waals surface area contributed by atoms with E-state index in [4.69, 9.17) is 0 Å². The van der Waals surface area contributed by atoms with Gasteiger partial charge in [0.25, 0.3) is 0 Å². The lowest BCUT2D eigenvalue weighted by Gasteiger charge is -2.20. The van der Waals surface area contributed by atoms with Crippen LogP contribution in [0.3, 0.4) is 0 Å². The Kier molecular flexibility index (Phi) is 3.51. The molecule has 2 heteroatoms. The first kappa shape index (κ1) is 10.4. The predicted octanol–water partition coefficient (Wildman–Crippen LogP) is 3.74. The molecule has 0 N–H and O–H groups in total. The first-order valence-electron chi connectivity index (χ1n) is 5.23. The largest absolute Gasteiger partial charge is 0.315 e. The molecule has 0 saturated carbocycles. The highest BCUT2D eigenvalue weighted by atomic mass is 32.2. The van der Waals surface area contributed by atoms with E-state index in [9.17, 15) is 0 Å². The molecule has 0 fully saturated rings. The monoisotopic (exact) mass is 217 g/mol. The summed E-state index contributed by atoms with van der Waals surface area (Å²) < 4.78 is 2.24. The second-order valence-electron chi connectivity index (χ2n) is 3.47. The maximum atomic E-state index is 2.24. The van der Waals surface area contributed by atoms with Gasteiger partial charge in [0, 0.05) is 6.20 Å². The van der Waals surface area contributed by atoms with E-state index in [2.05, 4.69) is 59.3 Å². The first-order chi connectivity index (χ1) is 7.40. The van der Waals surface area contributed by atoms with E-state index in [1.807, 2.05) is 0 Å². The summed E-state index contributed by atoms with van der Waals surface area (Å²) in [6.07, 6.45) is 7.36. The van der Waals surface area contributed by atoms with Crippen molar-refractivity contribution in [1.29, 1.82) is 0 Å². The highest BCUT2D eigenvalue weighted by molar-refractivity contribution is 8.00. The van der Waals surface area contributed by atoms with Crippen LogP contribution in [0.2, 0.25) is 0 Å². The molecule has 1 aliphatic rings. The molecule has 1 nitrogen and oxygen atoms in total. The normalized spacial score (nSPS) is 14.6. The second-order valence-corrected chi connectivity index (χ2v) is 4.42. The van der Waals surface area contributed by atoms with Gasteiger partial charge in [-0.3, -0.25) is 0 Å². The van der Waals surface area contributed by atoms with Crippen LogP contribution in [0.25, 0.3) is 0 Å². The molecule has 1 aromatic rings. The van der Waals surface area contributed by atoms with Gasteiger partial charge in [-0.1, -0.05) is 37.3 Å². The van der Waals surface area contributed by atoms with Gasteiger partial charge in [0.15, 0.2) is 0 Å². The topological polar surface area (TPSA) is 3.24 Å². The van der Waals surface area contributed by atoms with E-state index in [1.54, 1.807) is 11.9 Å². The number of rotatable bonds is 3. The summed E-state index contributed by atoms with van der Waals surface area (Å²) >= 11 is 1.74. The van der Waals surface area contributed by atoms with Crippen molar-refractivity contribution in [3.63, 3.8) is 0 Å². The summed E-state index contributed by atoms with van der Waals surface area (Å²) in [6.45, 7) is 3.19. The van der Waals surface area contributed by atoms with Crippen LogP contribution in [0, 0.1) is 0 Å². The second kappa shape index (κ2) is 5.08.